The highest BCUT2D eigenvalue weighted by Gasteiger charge is 2.28. The SMILES string of the molecule is O=C(C[C@H]1Sc2ccccc2NC1=O)Nc1ccc(CC[C@H](O)c2ccccc2)cc1. The lowest BCUT2D eigenvalue weighted by Crippen LogP contribution is -2.32. The topological polar surface area (TPSA) is 78.4 Å². The summed E-state index contributed by atoms with van der Waals surface area (Å²) in [4.78, 5) is 25.7. The van der Waals surface area contributed by atoms with E-state index in [2.05, 4.69) is 10.6 Å². The Hall–Kier alpha value is -3.09. The van der Waals surface area contributed by atoms with Crippen molar-refractivity contribution in [3.8, 4) is 0 Å². The number of aryl methyl sites for hydroxylation is 1. The van der Waals surface area contributed by atoms with Crippen LogP contribution in [0.15, 0.2) is 83.8 Å². The predicted molar refractivity (Wildman–Crippen MR) is 124 cm³/mol. The van der Waals surface area contributed by atoms with Crippen LogP contribution in [-0.2, 0) is 16.0 Å². The molecule has 0 spiro atoms. The molecular weight excluding hydrogens is 408 g/mol. The van der Waals surface area contributed by atoms with E-state index in [0.29, 0.717) is 12.1 Å². The Labute approximate surface area is 185 Å². The number of anilines is 2. The summed E-state index contributed by atoms with van der Waals surface area (Å²) in [5.74, 6) is -0.342. The maximum Gasteiger partial charge on any atom is 0.238 e. The molecule has 0 fully saturated rings. The number of nitrogens with one attached hydrogen (secondary N) is 2. The summed E-state index contributed by atoms with van der Waals surface area (Å²) in [5.41, 5.74) is 3.49. The van der Waals surface area contributed by atoms with Crippen LogP contribution in [0.4, 0.5) is 11.4 Å². The van der Waals surface area contributed by atoms with Crippen molar-refractivity contribution in [1.82, 2.24) is 0 Å². The van der Waals surface area contributed by atoms with Crippen molar-refractivity contribution in [1.29, 1.82) is 0 Å². The molecule has 6 heteroatoms. The molecule has 0 aromatic heterocycles. The lowest BCUT2D eigenvalue weighted by Gasteiger charge is -2.23. The molecule has 0 saturated heterocycles. The minimum Gasteiger partial charge on any atom is -0.388 e. The second-order valence-corrected chi connectivity index (χ2v) is 8.75. The monoisotopic (exact) mass is 432 g/mol. The lowest BCUT2D eigenvalue weighted by molar-refractivity contribution is -0.120. The van der Waals surface area contributed by atoms with Gasteiger partial charge in [-0.15, -0.1) is 11.8 Å². The summed E-state index contributed by atoms with van der Waals surface area (Å²) < 4.78 is 0. The van der Waals surface area contributed by atoms with Gasteiger partial charge in [0.2, 0.25) is 11.8 Å². The lowest BCUT2D eigenvalue weighted by atomic mass is 10.0. The highest BCUT2D eigenvalue weighted by atomic mass is 32.2. The van der Waals surface area contributed by atoms with E-state index < -0.39 is 11.4 Å². The van der Waals surface area contributed by atoms with Gasteiger partial charge in [0.25, 0.3) is 0 Å². The number of aliphatic hydroxyl groups is 1. The normalized spacial score (nSPS) is 16.2. The highest BCUT2D eigenvalue weighted by Crippen LogP contribution is 2.36. The van der Waals surface area contributed by atoms with Crippen LogP contribution in [0.2, 0.25) is 0 Å². The Kier molecular flexibility index (Phi) is 6.70. The van der Waals surface area contributed by atoms with Gasteiger partial charge in [0, 0.05) is 17.0 Å². The maximum absolute atomic E-state index is 12.5. The summed E-state index contributed by atoms with van der Waals surface area (Å²) in [6.45, 7) is 0. The molecule has 0 saturated carbocycles. The van der Waals surface area contributed by atoms with Crippen molar-refractivity contribution >= 4 is 35.0 Å². The third kappa shape index (κ3) is 5.54. The van der Waals surface area contributed by atoms with Gasteiger partial charge in [0.1, 0.15) is 0 Å². The number of hydrogen-bond donors (Lipinski definition) is 3. The fraction of sp³-hybridized carbons (Fsp3) is 0.200. The molecule has 5 nitrogen and oxygen atoms in total. The van der Waals surface area contributed by atoms with Gasteiger partial charge in [0.15, 0.2) is 0 Å². The molecule has 0 bridgehead atoms. The first-order valence-corrected chi connectivity index (χ1v) is 11.1. The second-order valence-electron chi connectivity index (χ2n) is 7.51. The van der Waals surface area contributed by atoms with E-state index in [-0.39, 0.29) is 18.2 Å². The molecule has 31 heavy (non-hydrogen) atoms. The minimum absolute atomic E-state index is 0.107. The van der Waals surface area contributed by atoms with Crippen LogP contribution in [0.25, 0.3) is 0 Å². The first-order chi connectivity index (χ1) is 15.1. The van der Waals surface area contributed by atoms with E-state index in [9.17, 15) is 14.7 Å². The zero-order valence-electron chi connectivity index (χ0n) is 17.0. The number of hydrogen-bond acceptors (Lipinski definition) is 4. The van der Waals surface area contributed by atoms with Crippen molar-refractivity contribution in [2.24, 2.45) is 0 Å². The molecule has 3 aromatic carbocycles. The number of thioether (sulfide) groups is 1. The Bertz CT molecular complexity index is 1050. The van der Waals surface area contributed by atoms with Gasteiger partial charge in [0.05, 0.1) is 17.0 Å². The van der Waals surface area contributed by atoms with Crippen molar-refractivity contribution < 1.29 is 14.7 Å². The maximum atomic E-state index is 12.5. The van der Waals surface area contributed by atoms with Crippen molar-refractivity contribution in [2.45, 2.75) is 35.5 Å². The molecule has 1 aliphatic rings. The van der Waals surface area contributed by atoms with E-state index >= 15 is 0 Å². The van der Waals surface area contributed by atoms with Crippen molar-refractivity contribution in [3.63, 3.8) is 0 Å². The van der Waals surface area contributed by atoms with E-state index in [1.807, 2.05) is 78.9 Å². The molecule has 0 aliphatic carbocycles. The van der Waals surface area contributed by atoms with Crippen LogP contribution in [0.1, 0.15) is 30.1 Å². The van der Waals surface area contributed by atoms with Crippen LogP contribution in [0.3, 0.4) is 0 Å². The number of fused-ring (bicyclic) bond motifs is 1. The number of rotatable bonds is 7. The van der Waals surface area contributed by atoms with Gasteiger partial charge >= 0.3 is 0 Å². The first-order valence-electron chi connectivity index (χ1n) is 10.3. The summed E-state index contributed by atoms with van der Waals surface area (Å²) in [6.07, 6.45) is 0.980. The molecular formula is C25H24N2O3S. The fourth-order valence-electron chi connectivity index (χ4n) is 3.51. The third-order valence-corrected chi connectivity index (χ3v) is 6.48. The second kappa shape index (κ2) is 9.81. The van der Waals surface area contributed by atoms with Crippen molar-refractivity contribution in [2.75, 3.05) is 10.6 Å². The highest BCUT2D eigenvalue weighted by molar-refractivity contribution is 8.01. The smallest absolute Gasteiger partial charge is 0.238 e. The van der Waals surface area contributed by atoms with Crippen LogP contribution < -0.4 is 10.6 Å². The minimum atomic E-state index is -0.496. The molecule has 3 N–H and O–H groups in total. The van der Waals surface area contributed by atoms with E-state index in [0.717, 1.165) is 28.1 Å². The zero-order chi connectivity index (χ0) is 21.6. The van der Waals surface area contributed by atoms with Crippen LogP contribution in [0, 0.1) is 0 Å². The van der Waals surface area contributed by atoms with E-state index in [1.54, 1.807) is 0 Å². The standard InChI is InChI=1S/C25H24N2O3S/c28-21(18-6-2-1-3-7-18)15-12-17-10-13-19(14-11-17)26-24(29)16-23-25(30)27-20-8-4-5-9-22(20)31-23/h1-11,13-14,21,23,28H,12,15-16H2,(H,26,29)(H,27,30)/t21-,23+/m0/s1. The van der Waals surface area contributed by atoms with Gasteiger partial charge in [-0.05, 0) is 48.2 Å². The van der Waals surface area contributed by atoms with Crippen LogP contribution in [-0.4, -0.2) is 22.2 Å². The summed E-state index contributed by atoms with van der Waals surface area (Å²) in [7, 11) is 0. The average molecular weight is 433 g/mol. The Morgan fingerprint density at radius 3 is 2.48 bits per heavy atom. The van der Waals surface area contributed by atoms with E-state index in [1.165, 1.54) is 11.8 Å². The molecule has 1 heterocycles. The van der Waals surface area contributed by atoms with Gasteiger partial charge in [-0.1, -0.05) is 54.6 Å². The molecule has 2 atom stereocenters. The van der Waals surface area contributed by atoms with Gasteiger partial charge < -0.3 is 15.7 Å². The number of aliphatic hydroxyl groups excluding tert-OH is 1. The zero-order valence-corrected chi connectivity index (χ0v) is 17.8. The molecule has 0 unspecified atom stereocenters. The number of amides is 2. The predicted octanol–water partition coefficient (Wildman–Crippen LogP) is 4.79. The molecule has 4 rings (SSSR count). The largest absolute Gasteiger partial charge is 0.388 e. The van der Waals surface area contributed by atoms with Gasteiger partial charge in [-0.25, -0.2) is 0 Å². The van der Waals surface area contributed by atoms with Crippen molar-refractivity contribution in [3.05, 3.63) is 90.0 Å². The molecule has 2 amide bonds. The Morgan fingerprint density at radius 1 is 1.00 bits per heavy atom. The quantitative estimate of drug-likeness (QED) is 0.501. The number of benzene rings is 3. The fourth-order valence-corrected chi connectivity index (χ4v) is 4.62. The molecule has 1 aliphatic heterocycles. The molecule has 3 aromatic rings. The number of para-hydroxylation sites is 1. The van der Waals surface area contributed by atoms with Gasteiger partial charge in [-0.2, -0.15) is 0 Å². The summed E-state index contributed by atoms with van der Waals surface area (Å²) in [6, 6.07) is 24.8. The van der Waals surface area contributed by atoms with E-state index in [4.69, 9.17) is 0 Å². The summed E-state index contributed by atoms with van der Waals surface area (Å²) in [5, 5.41) is 15.6. The van der Waals surface area contributed by atoms with Gasteiger partial charge in [-0.3, -0.25) is 9.59 Å². The Morgan fingerprint density at radius 2 is 1.71 bits per heavy atom. The first kappa shape index (κ1) is 21.2. The number of carbonyl (C=O) groups excluding carboxylic acids is 2. The summed E-state index contributed by atoms with van der Waals surface area (Å²) >= 11 is 1.42. The third-order valence-electron chi connectivity index (χ3n) is 5.21. The van der Waals surface area contributed by atoms with Crippen LogP contribution >= 0.6 is 11.8 Å². The molecule has 158 valence electrons. The van der Waals surface area contributed by atoms with Crippen LogP contribution in [0.5, 0.6) is 0 Å². The average Bonchev–Trinajstić information content (AvgIpc) is 2.79. The Balaban J connectivity index is 1.28. The molecule has 0 radical (unpaired) electrons. The number of carbonyl (C=O) groups is 2.